The molecule has 0 saturated heterocycles. The molecule has 1 aromatic carbocycles. The summed E-state index contributed by atoms with van der Waals surface area (Å²) >= 11 is 3.21. The van der Waals surface area contributed by atoms with Gasteiger partial charge in [0.2, 0.25) is 0 Å². The van der Waals surface area contributed by atoms with Gasteiger partial charge in [-0.25, -0.2) is 4.39 Å². The number of hydrogen-bond donors (Lipinski definition) is 1. The van der Waals surface area contributed by atoms with Crippen LogP contribution in [0.25, 0.3) is 0 Å². The van der Waals surface area contributed by atoms with Crippen molar-refractivity contribution >= 4 is 15.9 Å². The number of hydrogen-bond acceptors (Lipinski definition) is 1. The largest absolute Gasteiger partial charge is 0.324 e. The second-order valence-corrected chi connectivity index (χ2v) is 5.45. The van der Waals surface area contributed by atoms with E-state index in [1.165, 1.54) is 38.2 Å². The molecule has 0 radical (unpaired) electrons. The van der Waals surface area contributed by atoms with E-state index in [2.05, 4.69) is 15.9 Å². The van der Waals surface area contributed by atoms with Crippen LogP contribution < -0.4 is 5.73 Å². The average Bonchev–Trinajstić information content (AvgIpc) is 2.33. The van der Waals surface area contributed by atoms with E-state index in [1.807, 2.05) is 6.07 Å². The molecule has 0 bridgehead atoms. The Hall–Kier alpha value is -0.410. The third kappa shape index (κ3) is 2.64. The Morgan fingerprint density at radius 1 is 1.25 bits per heavy atom. The Balaban J connectivity index is 2.12. The second-order valence-electron chi connectivity index (χ2n) is 4.60. The summed E-state index contributed by atoms with van der Waals surface area (Å²) in [6.07, 6.45) is 6.30. The van der Waals surface area contributed by atoms with Crippen LogP contribution in [0.15, 0.2) is 22.7 Å². The molecule has 16 heavy (non-hydrogen) atoms. The van der Waals surface area contributed by atoms with E-state index in [0.29, 0.717) is 10.4 Å². The smallest absolute Gasteiger partial charge is 0.137 e. The van der Waals surface area contributed by atoms with Crippen LogP contribution in [0.2, 0.25) is 0 Å². The van der Waals surface area contributed by atoms with Crippen molar-refractivity contribution in [2.75, 3.05) is 0 Å². The number of halogens is 2. The Kier molecular flexibility index (Phi) is 3.98. The van der Waals surface area contributed by atoms with E-state index >= 15 is 0 Å². The predicted octanol–water partition coefficient (Wildman–Crippen LogP) is 4.17. The number of benzene rings is 1. The highest BCUT2D eigenvalue weighted by molar-refractivity contribution is 9.10. The van der Waals surface area contributed by atoms with Crippen LogP contribution in [0.3, 0.4) is 0 Å². The van der Waals surface area contributed by atoms with E-state index < -0.39 is 0 Å². The lowest BCUT2D eigenvalue weighted by molar-refractivity contribution is 0.308. The van der Waals surface area contributed by atoms with Gasteiger partial charge < -0.3 is 5.73 Å². The molecule has 0 aliphatic heterocycles. The summed E-state index contributed by atoms with van der Waals surface area (Å²) in [5, 5.41) is 0. The van der Waals surface area contributed by atoms with Crippen molar-refractivity contribution in [2.24, 2.45) is 11.7 Å². The maximum absolute atomic E-state index is 13.1. The molecule has 2 rings (SSSR count). The lowest BCUT2D eigenvalue weighted by Gasteiger charge is -2.27. The van der Waals surface area contributed by atoms with E-state index in [9.17, 15) is 4.39 Å². The van der Waals surface area contributed by atoms with Crippen LogP contribution in [0.4, 0.5) is 4.39 Å². The van der Waals surface area contributed by atoms with Crippen molar-refractivity contribution in [3.05, 3.63) is 34.1 Å². The third-order valence-electron chi connectivity index (χ3n) is 3.49. The molecule has 1 saturated carbocycles. The Morgan fingerprint density at radius 2 is 1.94 bits per heavy atom. The predicted molar refractivity (Wildman–Crippen MR) is 67.6 cm³/mol. The van der Waals surface area contributed by atoms with Gasteiger partial charge in [0.15, 0.2) is 0 Å². The molecule has 0 amide bonds. The zero-order valence-corrected chi connectivity index (χ0v) is 10.8. The molecule has 1 aliphatic carbocycles. The fourth-order valence-electron chi connectivity index (χ4n) is 2.49. The Labute approximate surface area is 104 Å². The van der Waals surface area contributed by atoms with E-state index in [-0.39, 0.29) is 11.9 Å². The minimum atomic E-state index is -0.223. The maximum atomic E-state index is 13.1. The van der Waals surface area contributed by atoms with Crippen LogP contribution in [0.1, 0.15) is 43.7 Å². The first kappa shape index (κ1) is 12.1. The van der Waals surface area contributed by atoms with Crippen LogP contribution in [-0.2, 0) is 0 Å². The summed E-state index contributed by atoms with van der Waals surface area (Å²) in [6, 6.07) is 5.16. The minimum absolute atomic E-state index is 0.0530. The fraction of sp³-hybridized carbons (Fsp3) is 0.538. The first-order chi connectivity index (χ1) is 7.68. The fourth-order valence-corrected chi connectivity index (χ4v) is 2.88. The summed E-state index contributed by atoms with van der Waals surface area (Å²) in [4.78, 5) is 0. The quantitative estimate of drug-likeness (QED) is 0.867. The van der Waals surface area contributed by atoms with Crippen molar-refractivity contribution in [1.82, 2.24) is 0 Å². The summed E-state index contributed by atoms with van der Waals surface area (Å²) in [6.45, 7) is 0. The van der Waals surface area contributed by atoms with Gasteiger partial charge in [0.1, 0.15) is 5.82 Å². The first-order valence-electron chi connectivity index (χ1n) is 5.89. The van der Waals surface area contributed by atoms with Crippen molar-refractivity contribution in [3.8, 4) is 0 Å². The van der Waals surface area contributed by atoms with E-state index in [0.717, 1.165) is 5.56 Å². The van der Waals surface area contributed by atoms with Crippen molar-refractivity contribution in [3.63, 3.8) is 0 Å². The van der Waals surface area contributed by atoms with Gasteiger partial charge >= 0.3 is 0 Å². The second kappa shape index (κ2) is 5.28. The van der Waals surface area contributed by atoms with Crippen molar-refractivity contribution in [2.45, 2.75) is 38.1 Å². The Bertz CT molecular complexity index is 361. The van der Waals surface area contributed by atoms with E-state index in [1.54, 1.807) is 6.07 Å². The van der Waals surface area contributed by atoms with E-state index in [4.69, 9.17) is 5.73 Å². The molecule has 1 nitrogen and oxygen atoms in total. The van der Waals surface area contributed by atoms with Crippen LogP contribution in [0, 0.1) is 11.7 Å². The lowest BCUT2D eigenvalue weighted by Crippen LogP contribution is -2.23. The summed E-state index contributed by atoms with van der Waals surface area (Å²) in [5.74, 6) is 0.339. The van der Waals surface area contributed by atoms with Crippen LogP contribution >= 0.6 is 15.9 Å². The van der Waals surface area contributed by atoms with Gasteiger partial charge in [0.05, 0.1) is 4.47 Å². The van der Waals surface area contributed by atoms with Gasteiger partial charge in [-0.15, -0.1) is 0 Å². The number of rotatable bonds is 2. The van der Waals surface area contributed by atoms with Gasteiger partial charge in [-0.1, -0.05) is 25.3 Å². The Morgan fingerprint density at radius 3 is 2.56 bits per heavy atom. The zero-order valence-electron chi connectivity index (χ0n) is 9.26. The first-order valence-corrected chi connectivity index (χ1v) is 6.68. The van der Waals surface area contributed by atoms with Gasteiger partial charge in [-0.2, -0.15) is 0 Å². The highest BCUT2D eigenvalue weighted by Gasteiger charge is 2.22. The van der Waals surface area contributed by atoms with Gasteiger partial charge in [-0.05, 0) is 52.4 Å². The number of nitrogens with two attached hydrogens (primary N) is 1. The molecular weight excluding hydrogens is 269 g/mol. The SMILES string of the molecule is N[C@H](c1ccc(F)c(Br)c1)C1CCCCC1. The molecule has 0 unspecified atom stereocenters. The van der Waals surface area contributed by atoms with Crippen molar-refractivity contribution in [1.29, 1.82) is 0 Å². The zero-order chi connectivity index (χ0) is 11.5. The monoisotopic (exact) mass is 285 g/mol. The third-order valence-corrected chi connectivity index (χ3v) is 4.09. The van der Waals surface area contributed by atoms with Gasteiger partial charge in [0, 0.05) is 6.04 Å². The topological polar surface area (TPSA) is 26.0 Å². The summed E-state index contributed by atoms with van der Waals surface area (Å²) < 4.78 is 13.6. The molecule has 1 aromatic rings. The van der Waals surface area contributed by atoms with Crippen LogP contribution in [0.5, 0.6) is 0 Å². The molecule has 1 fully saturated rings. The highest BCUT2D eigenvalue weighted by atomic mass is 79.9. The molecule has 88 valence electrons. The molecule has 1 atom stereocenters. The van der Waals surface area contributed by atoms with Crippen molar-refractivity contribution < 1.29 is 4.39 Å². The molecule has 3 heteroatoms. The minimum Gasteiger partial charge on any atom is -0.324 e. The normalized spacial score (nSPS) is 19.7. The molecule has 2 N–H and O–H groups in total. The molecule has 0 spiro atoms. The standard InChI is InChI=1S/C13H17BrFN/c14-11-8-10(6-7-12(11)15)13(16)9-4-2-1-3-5-9/h6-9,13H,1-5,16H2/t13-/m0/s1. The molecule has 0 heterocycles. The van der Waals surface area contributed by atoms with Gasteiger partial charge in [0.25, 0.3) is 0 Å². The maximum Gasteiger partial charge on any atom is 0.137 e. The lowest BCUT2D eigenvalue weighted by atomic mass is 9.81. The average molecular weight is 286 g/mol. The highest BCUT2D eigenvalue weighted by Crippen LogP contribution is 2.33. The molecule has 0 aromatic heterocycles. The summed E-state index contributed by atoms with van der Waals surface area (Å²) in [7, 11) is 0. The molecular formula is C13H17BrFN. The van der Waals surface area contributed by atoms with Gasteiger partial charge in [-0.3, -0.25) is 0 Å². The van der Waals surface area contributed by atoms with Crippen LogP contribution in [-0.4, -0.2) is 0 Å². The summed E-state index contributed by atoms with van der Waals surface area (Å²) in [5.41, 5.74) is 7.29. The molecule has 1 aliphatic rings.